The fraction of sp³-hybridized carbons (Fsp3) is 1.00. The molecule has 0 bridgehead atoms. The van der Waals surface area contributed by atoms with E-state index in [1.807, 2.05) is 0 Å². The first kappa shape index (κ1) is 7.21. The van der Waals surface area contributed by atoms with Gasteiger partial charge < -0.3 is 15.2 Å². The predicted molar refractivity (Wildman–Crippen MR) is 37.5 cm³/mol. The third kappa shape index (κ3) is 1.75. The maximum Gasteiger partial charge on any atom is 0.160 e. The highest BCUT2D eigenvalue weighted by Gasteiger charge is 2.28. The van der Waals surface area contributed by atoms with E-state index in [-0.39, 0.29) is 0 Å². The van der Waals surface area contributed by atoms with Gasteiger partial charge in [0.1, 0.15) is 0 Å². The van der Waals surface area contributed by atoms with Crippen molar-refractivity contribution in [3.05, 3.63) is 0 Å². The van der Waals surface area contributed by atoms with Crippen molar-refractivity contribution >= 4 is 9.68 Å². The lowest BCUT2D eigenvalue weighted by Crippen LogP contribution is -2.46. The van der Waals surface area contributed by atoms with E-state index in [0.29, 0.717) is 6.61 Å². The van der Waals surface area contributed by atoms with E-state index in [2.05, 4.69) is 0 Å². The molecule has 0 amide bonds. The molecule has 1 aliphatic rings. The first-order valence-electron chi connectivity index (χ1n) is 3.33. The molecule has 1 aliphatic heterocycles. The number of hydrogen-bond donors (Lipinski definition) is 2. The van der Waals surface area contributed by atoms with Crippen LogP contribution < -0.4 is 5.40 Å². The molecule has 0 aliphatic carbocycles. The van der Waals surface area contributed by atoms with Crippen LogP contribution in [0.1, 0.15) is 19.3 Å². The Balaban J connectivity index is 2.37. The summed E-state index contributed by atoms with van der Waals surface area (Å²) in [5, 5.41) is 14.8. The highest BCUT2D eigenvalue weighted by molar-refractivity contribution is 6.34. The molecule has 3 nitrogen and oxygen atoms in total. The first-order valence-corrected chi connectivity index (χ1v) is 4.86. The number of nitrogens with two attached hydrogens (primary N) is 1. The van der Waals surface area contributed by atoms with E-state index in [4.69, 9.17) is 10.1 Å². The van der Waals surface area contributed by atoms with Crippen LogP contribution in [0.2, 0.25) is 0 Å². The average Bonchev–Trinajstić information content (AvgIpc) is 1.90. The van der Waals surface area contributed by atoms with Crippen LogP contribution in [0, 0.1) is 0 Å². The molecule has 0 aromatic carbocycles. The number of aliphatic hydroxyl groups is 1. The molecule has 0 radical (unpaired) electrons. The van der Waals surface area contributed by atoms with Gasteiger partial charge >= 0.3 is 0 Å². The summed E-state index contributed by atoms with van der Waals surface area (Å²) in [5.41, 5.74) is -0.863. The van der Waals surface area contributed by atoms with E-state index in [9.17, 15) is 5.11 Å². The summed E-state index contributed by atoms with van der Waals surface area (Å²) in [6.45, 7) is 0.681. The molecular weight excluding hydrogens is 134 g/mol. The van der Waals surface area contributed by atoms with Gasteiger partial charge in [0.05, 0.1) is 0 Å². The van der Waals surface area contributed by atoms with Crippen molar-refractivity contribution in [2.75, 3.05) is 6.61 Å². The monoisotopic (exact) mass is 147 g/mol. The molecule has 9 heavy (non-hydrogen) atoms. The molecule has 1 atom stereocenters. The van der Waals surface area contributed by atoms with Crippen LogP contribution in [-0.4, -0.2) is 26.8 Å². The SMILES string of the molecule is N[SiH2]C1(O)CCCCO1. The average molecular weight is 147 g/mol. The Bertz CT molecular complexity index is 93.0. The minimum atomic E-state index is -0.895. The van der Waals surface area contributed by atoms with Gasteiger partial charge in [-0.1, -0.05) is 0 Å². The molecule has 54 valence electrons. The third-order valence-corrected chi connectivity index (χ3v) is 2.85. The maximum absolute atomic E-state index is 9.39. The van der Waals surface area contributed by atoms with Gasteiger partial charge in [-0.05, 0) is 19.3 Å². The first-order chi connectivity index (χ1) is 4.27. The van der Waals surface area contributed by atoms with Gasteiger partial charge in [0.2, 0.25) is 0 Å². The topological polar surface area (TPSA) is 55.5 Å². The second-order valence-electron chi connectivity index (χ2n) is 2.46. The van der Waals surface area contributed by atoms with Crippen LogP contribution in [-0.2, 0) is 4.74 Å². The summed E-state index contributed by atoms with van der Waals surface area (Å²) in [5.74, 6) is 0. The quantitative estimate of drug-likeness (QED) is 0.462. The molecule has 1 fully saturated rings. The Hall–Kier alpha value is 0.0969. The van der Waals surface area contributed by atoms with Gasteiger partial charge in [0.25, 0.3) is 0 Å². The Morgan fingerprint density at radius 1 is 1.56 bits per heavy atom. The predicted octanol–water partition coefficient (Wildman–Crippen LogP) is -1.12. The second kappa shape index (κ2) is 2.79. The van der Waals surface area contributed by atoms with Gasteiger partial charge in [-0.25, -0.2) is 0 Å². The maximum atomic E-state index is 9.39. The summed E-state index contributed by atoms with van der Waals surface area (Å²) in [6.07, 6.45) is 2.87. The highest BCUT2D eigenvalue weighted by Crippen LogP contribution is 2.19. The molecule has 1 saturated heterocycles. The fourth-order valence-electron chi connectivity index (χ4n) is 0.999. The summed E-state index contributed by atoms with van der Waals surface area (Å²) in [4.78, 5) is 0. The highest BCUT2D eigenvalue weighted by atomic mass is 28.2. The van der Waals surface area contributed by atoms with Crippen LogP contribution in [0.5, 0.6) is 0 Å². The van der Waals surface area contributed by atoms with E-state index in [0.717, 1.165) is 19.3 Å². The van der Waals surface area contributed by atoms with E-state index in [1.165, 1.54) is 0 Å². The second-order valence-corrected chi connectivity index (χ2v) is 3.97. The zero-order valence-corrected chi connectivity index (χ0v) is 6.88. The Morgan fingerprint density at radius 3 is 2.67 bits per heavy atom. The van der Waals surface area contributed by atoms with Crippen molar-refractivity contribution < 1.29 is 9.84 Å². The fourth-order valence-corrected chi connectivity index (χ4v) is 1.71. The summed E-state index contributed by atoms with van der Waals surface area (Å²) in [6, 6.07) is 0. The summed E-state index contributed by atoms with van der Waals surface area (Å²) >= 11 is 0. The Labute approximate surface area is 57.1 Å². The van der Waals surface area contributed by atoms with Gasteiger partial charge in [0, 0.05) is 6.61 Å². The molecule has 0 aromatic heterocycles. The number of rotatable bonds is 1. The molecule has 0 saturated carbocycles. The molecule has 0 spiro atoms. The third-order valence-electron chi connectivity index (χ3n) is 1.65. The molecule has 1 rings (SSSR count). The lowest BCUT2D eigenvalue weighted by atomic mass is 10.2. The molecule has 1 heterocycles. The van der Waals surface area contributed by atoms with E-state index < -0.39 is 15.1 Å². The lowest BCUT2D eigenvalue weighted by Gasteiger charge is -2.30. The number of ether oxygens (including phenoxy) is 1. The van der Waals surface area contributed by atoms with Crippen molar-refractivity contribution in [3.8, 4) is 0 Å². The van der Waals surface area contributed by atoms with Crippen LogP contribution in [0.25, 0.3) is 0 Å². The normalized spacial score (nSPS) is 38.0. The smallest absolute Gasteiger partial charge is 0.160 e. The molecule has 3 N–H and O–H groups in total. The zero-order valence-electron chi connectivity index (χ0n) is 5.47. The Kier molecular flexibility index (Phi) is 2.23. The number of hydrogen-bond acceptors (Lipinski definition) is 3. The standard InChI is InChI=1S/C5H13NO2Si/c6-9-5(7)3-1-2-4-8-5/h7H,1-4,6,9H2. The van der Waals surface area contributed by atoms with Gasteiger partial charge in [0.15, 0.2) is 15.1 Å². The van der Waals surface area contributed by atoms with Crippen LogP contribution in [0.3, 0.4) is 0 Å². The molecule has 1 unspecified atom stereocenters. The van der Waals surface area contributed by atoms with Gasteiger partial charge in [-0.3, -0.25) is 0 Å². The minimum Gasteiger partial charge on any atom is -0.368 e. The van der Waals surface area contributed by atoms with Gasteiger partial charge in [-0.15, -0.1) is 0 Å². The van der Waals surface area contributed by atoms with Crippen molar-refractivity contribution in [2.24, 2.45) is 5.40 Å². The summed E-state index contributed by atoms with van der Waals surface area (Å²) in [7, 11) is -0.895. The van der Waals surface area contributed by atoms with Crippen molar-refractivity contribution in [1.82, 2.24) is 0 Å². The summed E-state index contributed by atoms with van der Waals surface area (Å²) < 4.78 is 5.11. The van der Waals surface area contributed by atoms with Crippen molar-refractivity contribution in [2.45, 2.75) is 24.7 Å². The molecular formula is C5H13NO2Si. The molecule has 4 heteroatoms. The molecule has 0 aromatic rings. The van der Waals surface area contributed by atoms with E-state index in [1.54, 1.807) is 0 Å². The lowest BCUT2D eigenvalue weighted by molar-refractivity contribution is -0.164. The Morgan fingerprint density at radius 2 is 2.33 bits per heavy atom. The van der Waals surface area contributed by atoms with Crippen molar-refractivity contribution in [1.29, 1.82) is 0 Å². The van der Waals surface area contributed by atoms with Crippen LogP contribution in [0.15, 0.2) is 0 Å². The minimum absolute atomic E-state index is 0.681. The van der Waals surface area contributed by atoms with Gasteiger partial charge in [-0.2, -0.15) is 0 Å². The van der Waals surface area contributed by atoms with Crippen molar-refractivity contribution in [3.63, 3.8) is 0 Å². The largest absolute Gasteiger partial charge is 0.368 e. The zero-order chi connectivity index (χ0) is 6.74. The van der Waals surface area contributed by atoms with E-state index >= 15 is 0 Å². The van der Waals surface area contributed by atoms with Crippen LogP contribution in [0.4, 0.5) is 0 Å². The van der Waals surface area contributed by atoms with Crippen LogP contribution >= 0.6 is 0 Å².